The van der Waals surface area contributed by atoms with Gasteiger partial charge in [0.1, 0.15) is 17.2 Å². The average molecular weight is 340 g/mol. The van der Waals surface area contributed by atoms with E-state index in [9.17, 15) is 9.59 Å². The highest BCUT2D eigenvalue weighted by Crippen LogP contribution is 2.23. The minimum Gasteiger partial charge on any atom is -0.463 e. The van der Waals surface area contributed by atoms with Crippen molar-refractivity contribution in [2.75, 3.05) is 6.61 Å². The number of esters is 2. The summed E-state index contributed by atoms with van der Waals surface area (Å²) in [5, 5.41) is 0.357. The quantitative estimate of drug-likeness (QED) is 0.431. The van der Waals surface area contributed by atoms with Gasteiger partial charge in [0.2, 0.25) is 0 Å². The minimum atomic E-state index is -0.746. The number of benzene rings is 1. The highest BCUT2D eigenvalue weighted by molar-refractivity contribution is 6.44. The second kappa shape index (κ2) is 9.06. The average Bonchev–Trinajstić information content (AvgIpc) is 2.39. The third-order valence-electron chi connectivity index (χ3n) is 2.19. The van der Waals surface area contributed by atoms with Gasteiger partial charge in [0, 0.05) is 12.8 Å². The molecular weight excluding hydrogens is 326 g/mol. The van der Waals surface area contributed by atoms with Gasteiger partial charge in [0.05, 0.1) is 5.02 Å². The monoisotopic (exact) mass is 338 g/mol. The lowest BCUT2D eigenvalue weighted by Crippen LogP contribution is -2.12. The highest BCUT2D eigenvalue weighted by atomic mass is 35.5. The maximum absolute atomic E-state index is 11.5. The van der Waals surface area contributed by atoms with Gasteiger partial charge in [-0.1, -0.05) is 23.7 Å². The Morgan fingerprint density at radius 1 is 1.10 bits per heavy atom. The molecule has 1 aromatic carbocycles. The molecule has 7 heteroatoms. The minimum absolute atomic E-state index is 0.0635. The van der Waals surface area contributed by atoms with Crippen molar-refractivity contribution in [3.63, 3.8) is 0 Å². The molecular formula is C13H13Cl3O4. The van der Waals surface area contributed by atoms with Crippen LogP contribution in [-0.4, -0.2) is 23.4 Å². The fourth-order valence-corrected chi connectivity index (χ4v) is 1.61. The highest BCUT2D eigenvalue weighted by Gasteiger charge is 2.10. The zero-order chi connectivity index (χ0) is 15.0. The second-order valence-electron chi connectivity index (χ2n) is 3.83. The number of hydrogen-bond donors (Lipinski definition) is 0. The van der Waals surface area contributed by atoms with Crippen molar-refractivity contribution in [3.05, 3.63) is 29.3 Å². The van der Waals surface area contributed by atoms with E-state index < -0.39 is 16.8 Å². The molecule has 0 fully saturated rings. The molecule has 0 aromatic heterocycles. The largest absolute Gasteiger partial charge is 0.463 e. The molecule has 0 aliphatic heterocycles. The Labute approximate surface area is 131 Å². The van der Waals surface area contributed by atoms with E-state index in [1.165, 1.54) is 0 Å². The van der Waals surface area contributed by atoms with Gasteiger partial charge in [-0.15, -0.1) is 23.2 Å². The summed E-state index contributed by atoms with van der Waals surface area (Å²) < 4.78 is 9.81. The first-order valence-corrected chi connectivity index (χ1v) is 7.13. The Bertz CT molecular complexity index is 463. The van der Waals surface area contributed by atoms with Crippen molar-refractivity contribution >= 4 is 46.7 Å². The van der Waals surface area contributed by atoms with Crippen LogP contribution in [0.2, 0.25) is 5.02 Å². The third kappa shape index (κ3) is 6.98. The molecule has 20 heavy (non-hydrogen) atoms. The Hall–Kier alpha value is -0.970. The summed E-state index contributed by atoms with van der Waals surface area (Å²) in [5.74, 6) is -0.617. The van der Waals surface area contributed by atoms with E-state index in [-0.39, 0.29) is 19.4 Å². The summed E-state index contributed by atoms with van der Waals surface area (Å²) in [6.45, 7) is -0.0635. The van der Waals surface area contributed by atoms with E-state index in [1.54, 1.807) is 24.3 Å². The fraction of sp³-hybridized carbons (Fsp3) is 0.385. The molecule has 4 nitrogen and oxygen atoms in total. The van der Waals surface area contributed by atoms with Gasteiger partial charge in [-0.25, -0.2) is 0 Å². The molecule has 0 spiro atoms. The first kappa shape index (κ1) is 17.1. The smallest absolute Gasteiger partial charge is 0.311 e. The Kier molecular flexibility index (Phi) is 7.73. The molecule has 0 atom stereocenters. The number of alkyl halides is 2. The Morgan fingerprint density at radius 2 is 1.75 bits per heavy atom. The van der Waals surface area contributed by atoms with Crippen molar-refractivity contribution < 1.29 is 19.1 Å². The lowest BCUT2D eigenvalue weighted by atomic mass is 10.2. The molecule has 1 rings (SSSR count). The lowest BCUT2D eigenvalue weighted by Gasteiger charge is -2.06. The van der Waals surface area contributed by atoms with Crippen LogP contribution in [0.4, 0.5) is 0 Å². The molecule has 110 valence electrons. The summed E-state index contributed by atoms with van der Waals surface area (Å²) in [5.41, 5.74) is 0. The predicted octanol–water partition coefficient (Wildman–Crippen LogP) is 3.76. The predicted molar refractivity (Wildman–Crippen MR) is 77.4 cm³/mol. The van der Waals surface area contributed by atoms with Gasteiger partial charge in [0.15, 0.2) is 0 Å². The number of carbonyl (C=O) groups excluding carboxylic acids is 2. The van der Waals surface area contributed by atoms with Crippen LogP contribution in [0.25, 0.3) is 0 Å². The van der Waals surface area contributed by atoms with Crippen LogP contribution in [0.3, 0.4) is 0 Å². The molecule has 0 N–H and O–H groups in total. The van der Waals surface area contributed by atoms with Gasteiger partial charge in [0.25, 0.3) is 0 Å². The molecule has 0 radical (unpaired) electrons. The zero-order valence-electron chi connectivity index (χ0n) is 10.5. The topological polar surface area (TPSA) is 52.6 Å². The number of carbonyl (C=O) groups is 2. The Balaban J connectivity index is 2.24. The summed E-state index contributed by atoms with van der Waals surface area (Å²) in [7, 11) is 0. The van der Waals surface area contributed by atoms with Crippen LogP contribution in [0.1, 0.15) is 19.3 Å². The maximum Gasteiger partial charge on any atom is 0.311 e. The number of halogens is 3. The SMILES string of the molecule is O=C(CCCC(=O)Oc1ccccc1Cl)OCC(Cl)Cl. The van der Waals surface area contributed by atoms with Gasteiger partial charge >= 0.3 is 11.9 Å². The van der Waals surface area contributed by atoms with Crippen LogP contribution >= 0.6 is 34.8 Å². The van der Waals surface area contributed by atoms with Gasteiger partial charge in [-0.05, 0) is 18.6 Å². The molecule has 0 aliphatic rings. The molecule has 0 amide bonds. The van der Waals surface area contributed by atoms with Gasteiger partial charge in [-0.2, -0.15) is 0 Å². The number of hydrogen-bond acceptors (Lipinski definition) is 4. The summed E-state index contributed by atoms with van der Waals surface area (Å²) >= 11 is 16.7. The van der Waals surface area contributed by atoms with Crippen molar-refractivity contribution in [2.45, 2.75) is 24.1 Å². The van der Waals surface area contributed by atoms with Crippen molar-refractivity contribution in [1.29, 1.82) is 0 Å². The van der Waals surface area contributed by atoms with Crippen molar-refractivity contribution in [1.82, 2.24) is 0 Å². The third-order valence-corrected chi connectivity index (χ3v) is 2.76. The van der Waals surface area contributed by atoms with E-state index in [0.717, 1.165) is 0 Å². The van der Waals surface area contributed by atoms with Crippen LogP contribution in [-0.2, 0) is 14.3 Å². The first-order valence-electron chi connectivity index (χ1n) is 5.88. The summed E-state index contributed by atoms with van der Waals surface area (Å²) in [6.07, 6.45) is 0.501. The van der Waals surface area contributed by atoms with Crippen molar-refractivity contribution in [3.8, 4) is 5.75 Å². The maximum atomic E-state index is 11.5. The van der Waals surface area contributed by atoms with Gasteiger partial charge < -0.3 is 9.47 Å². The molecule has 0 unspecified atom stereocenters. The molecule has 0 saturated heterocycles. The van der Waals surface area contributed by atoms with Crippen LogP contribution in [0, 0.1) is 0 Å². The second-order valence-corrected chi connectivity index (χ2v) is 5.52. The molecule has 0 bridgehead atoms. The fourth-order valence-electron chi connectivity index (χ4n) is 1.31. The molecule has 0 heterocycles. The Morgan fingerprint density at radius 3 is 2.40 bits per heavy atom. The van der Waals surface area contributed by atoms with E-state index in [2.05, 4.69) is 0 Å². The number of para-hydroxylation sites is 1. The number of ether oxygens (including phenoxy) is 2. The standard InChI is InChI=1S/C13H13Cl3O4/c14-9-4-1-2-5-10(9)20-13(18)7-3-6-12(17)19-8-11(15)16/h1-2,4-5,11H,3,6-8H2. The number of rotatable bonds is 7. The van der Waals surface area contributed by atoms with E-state index >= 15 is 0 Å². The van der Waals surface area contributed by atoms with E-state index in [4.69, 9.17) is 44.3 Å². The molecule has 1 aromatic rings. The first-order chi connectivity index (χ1) is 9.49. The van der Waals surface area contributed by atoms with Crippen LogP contribution < -0.4 is 4.74 Å². The van der Waals surface area contributed by atoms with Crippen LogP contribution in [0.5, 0.6) is 5.75 Å². The summed E-state index contributed by atoms with van der Waals surface area (Å²) in [4.78, 5) is 22.0. The van der Waals surface area contributed by atoms with Crippen LogP contribution in [0.15, 0.2) is 24.3 Å². The normalized spacial score (nSPS) is 10.4. The molecule has 0 aliphatic carbocycles. The summed E-state index contributed by atoms with van der Waals surface area (Å²) in [6, 6.07) is 6.66. The van der Waals surface area contributed by atoms with E-state index in [1.807, 2.05) is 0 Å². The molecule has 0 saturated carbocycles. The lowest BCUT2D eigenvalue weighted by molar-refractivity contribution is -0.143. The zero-order valence-corrected chi connectivity index (χ0v) is 12.7. The van der Waals surface area contributed by atoms with E-state index in [0.29, 0.717) is 17.2 Å². The van der Waals surface area contributed by atoms with Gasteiger partial charge in [-0.3, -0.25) is 9.59 Å². The van der Waals surface area contributed by atoms with Crippen molar-refractivity contribution in [2.24, 2.45) is 0 Å².